The molecule has 0 fully saturated rings. The molecule has 3 unspecified atom stereocenters. The van der Waals surface area contributed by atoms with E-state index >= 15 is 0 Å². The van der Waals surface area contributed by atoms with Crippen molar-refractivity contribution >= 4 is 35.9 Å². The standard InChI is InChI=1S/C16H34O4Si4/c1-9-21(6)18-24(19-22(7)10-2,20-23(8)11-3)14-12-13-17-15-16(4)5/h9-11,21-23H,1-4,12-15H2,5-8H3. The van der Waals surface area contributed by atoms with Gasteiger partial charge in [-0.25, -0.2) is 0 Å². The summed E-state index contributed by atoms with van der Waals surface area (Å²) in [5.74, 6) is 0. The molecule has 24 heavy (non-hydrogen) atoms. The quantitative estimate of drug-likeness (QED) is 0.239. The topological polar surface area (TPSA) is 36.9 Å². The van der Waals surface area contributed by atoms with Gasteiger partial charge in [0.05, 0.1) is 6.61 Å². The fourth-order valence-corrected chi connectivity index (χ4v) is 14.0. The summed E-state index contributed by atoms with van der Waals surface area (Å²) in [6, 6.07) is 0.755. The van der Waals surface area contributed by atoms with Crippen molar-refractivity contribution in [3.05, 3.63) is 49.0 Å². The van der Waals surface area contributed by atoms with E-state index in [9.17, 15) is 0 Å². The van der Waals surface area contributed by atoms with E-state index < -0.39 is 35.9 Å². The average Bonchev–Trinajstić information content (AvgIpc) is 2.53. The van der Waals surface area contributed by atoms with Gasteiger partial charge in [0, 0.05) is 12.7 Å². The van der Waals surface area contributed by atoms with E-state index in [0.717, 1.165) is 18.0 Å². The summed E-state index contributed by atoms with van der Waals surface area (Å²) >= 11 is 0. The van der Waals surface area contributed by atoms with Gasteiger partial charge in [0.2, 0.25) is 0 Å². The molecule has 0 aliphatic heterocycles. The van der Waals surface area contributed by atoms with Crippen LogP contribution in [0.15, 0.2) is 49.0 Å². The van der Waals surface area contributed by atoms with Gasteiger partial charge < -0.3 is 17.1 Å². The first-order valence-corrected chi connectivity index (χ1v) is 17.2. The molecule has 0 saturated carbocycles. The van der Waals surface area contributed by atoms with Crippen LogP contribution in [0.2, 0.25) is 25.7 Å². The Balaban J connectivity index is 5.05. The molecule has 0 aliphatic carbocycles. The summed E-state index contributed by atoms with van der Waals surface area (Å²) in [5.41, 5.74) is 6.75. The zero-order valence-corrected chi connectivity index (χ0v) is 20.2. The minimum absolute atomic E-state index is 0.588. The normalized spacial score (nSPS) is 17.3. The molecule has 0 aromatic rings. The van der Waals surface area contributed by atoms with Crippen LogP contribution in [0.25, 0.3) is 0 Å². The van der Waals surface area contributed by atoms with Gasteiger partial charge in [-0.3, -0.25) is 0 Å². The van der Waals surface area contributed by atoms with E-state index in [1.165, 1.54) is 0 Å². The second-order valence-electron chi connectivity index (χ2n) is 5.97. The molecule has 0 amide bonds. The van der Waals surface area contributed by atoms with Crippen LogP contribution < -0.4 is 0 Å². The molecule has 0 saturated heterocycles. The number of ether oxygens (including phenoxy) is 1. The van der Waals surface area contributed by atoms with Crippen molar-refractivity contribution in [1.29, 1.82) is 0 Å². The van der Waals surface area contributed by atoms with E-state index in [1.807, 2.05) is 24.0 Å². The minimum atomic E-state index is -2.76. The highest BCUT2D eigenvalue weighted by Crippen LogP contribution is 2.22. The van der Waals surface area contributed by atoms with Crippen molar-refractivity contribution in [2.75, 3.05) is 13.2 Å². The Morgan fingerprint density at radius 3 is 1.67 bits per heavy atom. The van der Waals surface area contributed by atoms with Gasteiger partial charge in [-0.1, -0.05) is 29.2 Å². The van der Waals surface area contributed by atoms with Crippen LogP contribution in [0, 0.1) is 0 Å². The van der Waals surface area contributed by atoms with Crippen molar-refractivity contribution in [2.24, 2.45) is 0 Å². The smallest absolute Gasteiger partial charge is 0.415 e. The third-order valence-electron chi connectivity index (χ3n) is 3.21. The third kappa shape index (κ3) is 10.5. The van der Waals surface area contributed by atoms with Gasteiger partial charge >= 0.3 is 8.80 Å². The van der Waals surface area contributed by atoms with Crippen molar-refractivity contribution in [2.45, 2.75) is 39.0 Å². The van der Waals surface area contributed by atoms with E-state index in [2.05, 4.69) is 46.0 Å². The summed E-state index contributed by atoms with van der Waals surface area (Å²) in [6.45, 7) is 24.9. The first-order chi connectivity index (χ1) is 11.3. The Hall–Kier alpha value is -0.332. The second kappa shape index (κ2) is 12.9. The van der Waals surface area contributed by atoms with Crippen molar-refractivity contribution in [3.63, 3.8) is 0 Å². The van der Waals surface area contributed by atoms with Gasteiger partial charge in [-0.15, -0.1) is 19.7 Å². The molecular formula is C16H34O4Si4. The molecule has 0 N–H and O–H groups in total. The monoisotopic (exact) mass is 402 g/mol. The lowest BCUT2D eigenvalue weighted by molar-refractivity contribution is 0.152. The summed E-state index contributed by atoms with van der Waals surface area (Å²) in [6.07, 6.45) is 0.842. The Morgan fingerprint density at radius 2 is 1.33 bits per heavy atom. The zero-order chi connectivity index (χ0) is 18.6. The summed E-state index contributed by atoms with van der Waals surface area (Å²) in [7, 11) is -7.33. The number of rotatable bonds is 15. The summed E-state index contributed by atoms with van der Waals surface area (Å²) < 4.78 is 24.7. The molecule has 0 heterocycles. The molecule has 0 radical (unpaired) electrons. The molecule has 0 aromatic heterocycles. The zero-order valence-electron chi connectivity index (χ0n) is 15.8. The van der Waals surface area contributed by atoms with Gasteiger partial charge in [0.25, 0.3) is 0 Å². The van der Waals surface area contributed by atoms with E-state index in [-0.39, 0.29) is 0 Å². The highest BCUT2D eigenvalue weighted by molar-refractivity contribution is 6.82. The molecule has 0 spiro atoms. The maximum Gasteiger partial charge on any atom is 0.469 e. The minimum Gasteiger partial charge on any atom is -0.415 e. The summed E-state index contributed by atoms with van der Waals surface area (Å²) in [4.78, 5) is 0. The van der Waals surface area contributed by atoms with Crippen LogP contribution in [0.3, 0.4) is 0 Å². The largest absolute Gasteiger partial charge is 0.469 e. The molecular weight excluding hydrogens is 369 g/mol. The van der Waals surface area contributed by atoms with E-state index in [1.54, 1.807) is 0 Å². The highest BCUT2D eigenvalue weighted by Gasteiger charge is 2.43. The lowest BCUT2D eigenvalue weighted by atomic mass is 10.4. The number of hydrogen-bond donors (Lipinski definition) is 0. The molecule has 3 atom stereocenters. The van der Waals surface area contributed by atoms with Gasteiger partial charge in [-0.05, 0) is 33.0 Å². The maximum absolute atomic E-state index is 6.38. The molecule has 0 bridgehead atoms. The van der Waals surface area contributed by atoms with Crippen LogP contribution >= 0.6 is 0 Å². The van der Waals surface area contributed by atoms with Gasteiger partial charge in [0.1, 0.15) is 0 Å². The Labute approximate surface area is 154 Å². The first-order valence-electron chi connectivity index (χ1n) is 8.41. The maximum atomic E-state index is 6.38. The molecule has 138 valence electrons. The van der Waals surface area contributed by atoms with Gasteiger partial charge in [0.15, 0.2) is 27.1 Å². The van der Waals surface area contributed by atoms with E-state index in [4.69, 9.17) is 17.1 Å². The fourth-order valence-electron chi connectivity index (χ4n) is 1.89. The van der Waals surface area contributed by atoms with Crippen molar-refractivity contribution in [3.8, 4) is 0 Å². The Bertz CT molecular complexity index is 376. The SMILES string of the molecule is C=C[SiH](C)O[Si](CCCOCC(=C)C)(O[SiH](C)C=C)O[SiH](C)C=C. The molecule has 0 rings (SSSR count). The van der Waals surface area contributed by atoms with Crippen LogP contribution in [-0.2, 0) is 17.1 Å². The highest BCUT2D eigenvalue weighted by atomic mass is 28.5. The first kappa shape index (κ1) is 23.7. The van der Waals surface area contributed by atoms with E-state index in [0.29, 0.717) is 13.2 Å². The van der Waals surface area contributed by atoms with Crippen LogP contribution in [0.1, 0.15) is 13.3 Å². The van der Waals surface area contributed by atoms with Crippen LogP contribution in [0.4, 0.5) is 0 Å². The molecule has 0 aliphatic rings. The second-order valence-corrected chi connectivity index (χ2v) is 16.3. The molecule has 0 aromatic carbocycles. The predicted molar refractivity (Wildman–Crippen MR) is 114 cm³/mol. The molecule has 8 heteroatoms. The van der Waals surface area contributed by atoms with Gasteiger partial charge in [-0.2, -0.15) is 0 Å². The average molecular weight is 403 g/mol. The van der Waals surface area contributed by atoms with Crippen molar-refractivity contribution < 1.29 is 17.1 Å². The van der Waals surface area contributed by atoms with Crippen molar-refractivity contribution in [1.82, 2.24) is 0 Å². The molecule has 4 nitrogen and oxygen atoms in total. The fraction of sp³-hybridized carbons (Fsp3) is 0.500. The predicted octanol–water partition coefficient (Wildman–Crippen LogP) is 3.19. The summed E-state index contributed by atoms with van der Waals surface area (Å²) in [5, 5.41) is 0. The Kier molecular flexibility index (Phi) is 12.8. The number of hydrogen-bond acceptors (Lipinski definition) is 4. The Morgan fingerprint density at radius 1 is 0.917 bits per heavy atom. The lowest BCUT2D eigenvalue weighted by Gasteiger charge is -2.35. The van der Waals surface area contributed by atoms with Crippen LogP contribution in [-0.4, -0.2) is 49.1 Å². The lowest BCUT2D eigenvalue weighted by Crippen LogP contribution is -2.53. The third-order valence-corrected chi connectivity index (χ3v) is 14.9. The van der Waals surface area contributed by atoms with Crippen LogP contribution in [0.5, 0.6) is 0 Å².